The summed E-state index contributed by atoms with van der Waals surface area (Å²) < 4.78 is 7.31. The molecule has 0 spiro atoms. The van der Waals surface area contributed by atoms with Gasteiger partial charge in [-0.15, -0.1) is 0 Å². The van der Waals surface area contributed by atoms with Crippen molar-refractivity contribution in [2.75, 3.05) is 7.11 Å². The molecule has 1 heterocycles. The summed E-state index contributed by atoms with van der Waals surface area (Å²) >= 11 is 6.06. The molecule has 0 aliphatic rings. The van der Waals surface area contributed by atoms with Gasteiger partial charge < -0.3 is 15.0 Å². The predicted octanol–water partition coefficient (Wildman–Crippen LogP) is 4.03. The summed E-state index contributed by atoms with van der Waals surface area (Å²) in [4.78, 5) is 23.0. The van der Waals surface area contributed by atoms with E-state index >= 15 is 0 Å². The zero-order chi connectivity index (χ0) is 18.8. The molecule has 132 valence electrons. The van der Waals surface area contributed by atoms with Crippen LogP contribution in [0.15, 0.2) is 48.7 Å². The fourth-order valence-electron chi connectivity index (χ4n) is 2.96. The van der Waals surface area contributed by atoms with Crippen LogP contribution in [0.2, 0.25) is 5.02 Å². The van der Waals surface area contributed by atoms with Gasteiger partial charge >= 0.3 is 0 Å². The highest BCUT2D eigenvalue weighted by Gasteiger charge is 2.17. The van der Waals surface area contributed by atoms with Gasteiger partial charge in [-0.25, -0.2) is 0 Å². The van der Waals surface area contributed by atoms with Crippen molar-refractivity contribution < 1.29 is 14.3 Å². The monoisotopic (exact) mass is 368 g/mol. The second-order valence-electron chi connectivity index (χ2n) is 5.82. The van der Waals surface area contributed by atoms with E-state index in [1.807, 2.05) is 17.6 Å². The molecule has 0 bridgehead atoms. The Kier molecular flexibility index (Phi) is 4.82. The van der Waals surface area contributed by atoms with Gasteiger partial charge in [0, 0.05) is 34.0 Å². The van der Waals surface area contributed by atoms with Crippen molar-refractivity contribution in [1.82, 2.24) is 4.57 Å². The number of nitrogens with zero attached hydrogens (tertiary/aromatic N) is 1. The van der Waals surface area contributed by atoms with E-state index in [4.69, 9.17) is 22.1 Å². The molecule has 1 amide bonds. The van der Waals surface area contributed by atoms with Crippen molar-refractivity contribution in [2.24, 2.45) is 5.73 Å². The minimum Gasteiger partial charge on any atom is -0.495 e. The largest absolute Gasteiger partial charge is 0.495 e. The highest BCUT2D eigenvalue weighted by atomic mass is 35.5. The van der Waals surface area contributed by atoms with E-state index in [2.05, 4.69) is 0 Å². The second kappa shape index (κ2) is 7.06. The molecule has 0 aliphatic carbocycles. The van der Waals surface area contributed by atoms with Crippen LogP contribution in [-0.2, 0) is 0 Å². The van der Waals surface area contributed by atoms with Crippen molar-refractivity contribution in [3.8, 4) is 22.7 Å². The van der Waals surface area contributed by atoms with Crippen LogP contribution in [0.25, 0.3) is 16.9 Å². The Bertz CT molecular complexity index is 1010. The van der Waals surface area contributed by atoms with E-state index in [0.29, 0.717) is 27.6 Å². The summed E-state index contributed by atoms with van der Waals surface area (Å²) in [6.07, 6.45) is 2.60. The molecule has 0 unspecified atom stereocenters. The van der Waals surface area contributed by atoms with Crippen LogP contribution in [0.4, 0.5) is 0 Å². The van der Waals surface area contributed by atoms with Gasteiger partial charge in [0.15, 0.2) is 6.29 Å². The number of nitrogens with two attached hydrogens (primary N) is 1. The van der Waals surface area contributed by atoms with Crippen LogP contribution >= 0.6 is 11.6 Å². The maximum Gasteiger partial charge on any atom is 0.248 e. The summed E-state index contributed by atoms with van der Waals surface area (Å²) in [5.74, 6) is 0.0863. The number of primary amides is 1. The number of aldehydes is 1. The molecule has 0 atom stereocenters. The number of rotatable bonds is 5. The van der Waals surface area contributed by atoms with Gasteiger partial charge in [-0.3, -0.25) is 9.59 Å². The van der Waals surface area contributed by atoms with E-state index in [1.165, 1.54) is 0 Å². The highest BCUT2D eigenvalue weighted by Crippen LogP contribution is 2.34. The maximum atomic E-state index is 11.6. The third-order valence-electron chi connectivity index (χ3n) is 4.21. The lowest BCUT2D eigenvalue weighted by molar-refractivity contribution is 0.0999. The summed E-state index contributed by atoms with van der Waals surface area (Å²) in [6, 6.07) is 12.2. The quantitative estimate of drug-likeness (QED) is 0.691. The lowest BCUT2D eigenvalue weighted by Crippen LogP contribution is -2.11. The average Bonchev–Trinajstić information content (AvgIpc) is 3.04. The van der Waals surface area contributed by atoms with Gasteiger partial charge in [0.1, 0.15) is 5.75 Å². The van der Waals surface area contributed by atoms with Gasteiger partial charge in [-0.1, -0.05) is 17.7 Å². The smallest absolute Gasteiger partial charge is 0.248 e. The number of aryl methyl sites for hydroxylation is 1. The highest BCUT2D eigenvalue weighted by molar-refractivity contribution is 6.30. The molecule has 3 aromatic rings. The zero-order valence-corrected chi connectivity index (χ0v) is 15.1. The maximum absolute atomic E-state index is 11.6. The van der Waals surface area contributed by atoms with Crippen LogP contribution in [-0.4, -0.2) is 23.9 Å². The first-order valence-electron chi connectivity index (χ1n) is 7.87. The van der Waals surface area contributed by atoms with E-state index in [1.54, 1.807) is 49.7 Å². The number of carbonyl (C=O) groups excluding carboxylic acids is 2. The second-order valence-corrected chi connectivity index (χ2v) is 6.25. The Labute approximate surface area is 156 Å². The van der Waals surface area contributed by atoms with E-state index in [0.717, 1.165) is 23.1 Å². The molecule has 2 aromatic carbocycles. The van der Waals surface area contributed by atoms with E-state index in [-0.39, 0.29) is 0 Å². The first-order valence-corrected chi connectivity index (χ1v) is 8.25. The fourth-order valence-corrected chi connectivity index (χ4v) is 3.12. The Balaban J connectivity index is 2.25. The first kappa shape index (κ1) is 17.8. The number of amides is 1. The normalized spacial score (nSPS) is 10.6. The van der Waals surface area contributed by atoms with Crippen LogP contribution in [0.3, 0.4) is 0 Å². The number of aromatic nitrogens is 1. The molecule has 6 heteroatoms. The molecule has 1 aromatic heterocycles. The molecule has 0 saturated carbocycles. The fraction of sp³-hybridized carbons (Fsp3) is 0.100. The van der Waals surface area contributed by atoms with Gasteiger partial charge in [-0.05, 0) is 42.8 Å². The Morgan fingerprint density at radius 2 is 1.96 bits per heavy atom. The first-order chi connectivity index (χ1) is 12.5. The molecular formula is C20H17ClN2O3. The summed E-state index contributed by atoms with van der Waals surface area (Å²) in [6.45, 7) is 1.87. The van der Waals surface area contributed by atoms with Crippen LogP contribution in [0.1, 0.15) is 26.3 Å². The number of hydrogen-bond acceptors (Lipinski definition) is 3. The molecular weight excluding hydrogens is 352 g/mol. The average molecular weight is 369 g/mol. The van der Waals surface area contributed by atoms with Gasteiger partial charge in [0.05, 0.1) is 18.5 Å². The lowest BCUT2D eigenvalue weighted by Gasteiger charge is -2.16. The third kappa shape index (κ3) is 3.09. The Hall–Kier alpha value is -3.05. The SMILES string of the molecule is COc1cc(Cl)ccc1-n1ccc(C=O)c1-c1ccc(C(N)=O)cc1C. The molecule has 26 heavy (non-hydrogen) atoms. The molecule has 0 fully saturated rings. The number of hydrogen-bond donors (Lipinski definition) is 1. The lowest BCUT2D eigenvalue weighted by atomic mass is 10.00. The molecule has 3 rings (SSSR count). The van der Waals surface area contributed by atoms with Crippen LogP contribution in [0, 0.1) is 6.92 Å². The number of ether oxygens (including phenoxy) is 1. The minimum absolute atomic E-state index is 0.418. The topological polar surface area (TPSA) is 74.3 Å². The molecule has 5 nitrogen and oxygen atoms in total. The third-order valence-corrected chi connectivity index (χ3v) is 4.45. The van der Waals surface area contributed by atoms with Crippen LogP contribution < -0.4 is 10.5 Å². The minimum atomic E-state index is -0.495. The van der Waals surface area contributed by atoms with E-state index < -0.39 is 5.91 Å². The Morgan fingerprint density at radius 1 is 1.19 bits per heavy atom. The predicted molar refractivity (Wildman–Crippen MR) is 101 cm³/mol. The van der Waals surface area contributed by atoms with Crippen molar-refractivity contribution in [1.29, 1.82) is 0 Å². The number of benzene rings is 2. The van der Waals surface area contributed by atoms with E-state index in [9.17, 15) is 9.59 Å². The number of carbonyl (C=O) groups is 2. The molecule has 0 aliphatic heterocycles. The Morgan fingerprint density at radius 3 is 2.58 bits per heavy atom. The van der Waals surface area contributed by atoms with Crippen molar-refractivity contribution in [2.45, 2.75) is 6.92 Å². The van der Waals surface area contributed by atoms with Crippen molar-refractivity contribution in [3.05, 3.63) is 70.4 Å². The number of halogens is 1. The summed E-state index contributed by atoms with van der Waals surface area (Å²) in [7, 11) is 1.56. The van der Waals surface area contributed by atoms with Crippen molar-refractivity contribution >= 4 is 23.8 Å². The summed E-state index contributed by atoms with van der Waals surface area (Å²) in [5, 5.41) is 0.553. The van der Waals surface area contributed by atoms with Crippen LogP contribution in [0.5, 0.6) is 5.75 Å². The number of methoxy groups -OCH3 is 1. The standard InChI is InChI=1S/C20H17ClN2O3/c1-12-9-13(20(22)25)3-5-16(12)19-14(11-24)7-8-23(19)17-6-4-15(21)10-18(17)26-2/h3-11H,1-2H3,(H2,22,25). The molecule has 0 radical (unpaired) electrons. The summed E-state index contributed by atoms with van der Waals surface area (Å²) in [5.41, 5.74) is 9.39. The van der Waals surface area contributed by atoms with Gasteiger partial charge in [0.25, 0.3) is 0 Å². The van der Waals surface area contributed by atoms with Crippen molar-refractivity contribution in [3.63, 3.8) is 0 Å². The molecule has 2 N–H and O–H groups in total. The van der Waals surface area contributed by atoms with Gasteiger partial charge in [-0.2, -0.15) is 0 Å². The molecule has 0 saturated heterocycles. The van der Waals surface area contributed by atoms with Gasteiger partial charge in [0.2, 0.25) is 5.91 Å². The zero-order valence-electron chi connectivity index (χ0n) is 14.3.